The average molecular weight is 253 g/mol. The van der Waals surface area contributed by atoms with Gasteiger partial charge in [0.05, 0.1) is 0 Å². The molecular weight excluding hydrogens is 244 g/mol. The van der Waals surface area contributed by atoms with Crippen LogP contribution in [0.2, 0.25) is 0 Å². The molecule has 5 heteroatoms. The quantitative estimate of drug-likeness (QED) is 0.823. The van der Waals surface area contributed by atoms with Gasteiger partial charge in [-0.2, -0.15) is 0 Å². The minimum Gasteiger partial charge on any atom is -0.226 e. The van der Waals surface area contributed by atoms with Crippen LogP contribution in [0.4, 0.5) is 0 Å². The molecule has 72 valence electrons. The van der Waals surface area contributed by atoms with Crippen molar-refractivity contribution in [3.63, 3.8) is 0 Å². The predicted molar refractivity (Wildman–Crippen MR) is 56.6 cm³/mol. The highest BCUT2D eigenvalue weighted by molar-refractivity contribution is 9.10. The zero-order valence-corrected chi connectivity index (χ0v) is 9.27. The summed E-state index contributed by atoms with van der Waals surface area (Å²) < 4.78 is 2.82. The van der Waals surface area contributed by atoms with Gasteiger partial charge in [-0.3, -0.25) is 0 Å². The lowest BCUT2D eigenvalue weighted by Gasteiger charge is -2.00. The number of halogens is 1. The Balaban J connectivity index is 2.44. The van der Waals surface area contributed by atoms with E-state index in [2.05, 4.69) is 31.5 Å². The summed E-state index contributed by atoms with van der Waals surface area (Å²) in [5, 5.41) is 11.5. The van der Waals surface area contributed by atoms with Gasteiger partial charge >= 0.3 is 0 Å². The van der Waals surface area contributed by atoms with Crippen molar-refractivity contribution in [2.24, 2.45) is 0 Å². The molecule has 0 fully saturated rings. The third-order valence-corrected chi connectivity index (χ3v) is 2.46. The maximum absolute atomic E-state index is 3.97. The first kappa shape index (κ1) is 9.33. The van der Waals surface area contributed by atoms with Gasteiger partial charge in [0.2, 0.25) is 0 Å². The van der Waals surface area contributed by atoms with E-state index in [-0.39, 0.29) is 0 Å². The zero-order chi connectivity index (χ0) is 9.97. The lowest BCUT2D eigenvalue weighted by molar-refractivity contribution is 0.631. The molecule has 1 aromatic carbocycles. The van der Waals surface area contributed by atoms with Gasteiger partial charge in [-0.1, -0.05) is 28.1 Å². The Hall–Kier alpha value is -1.23. The molecule has 0 bridgehead atoms. The van der Waals surface area contributed by atoms with E-state index in [0.717, 1.165) is 22.4 Å². The van der Waals surface area contributed by atoms with Gasteiger partial charge in [-0.05, 0) is 29.5 Å². The van der Waals surface area contributed by atoms with Gasteiger partial charge in [-0.25, -0.2) is 4.68 Å². The Labute approximate surface area is 90.1 Å². The third kappa shape index (κ3) is 1.68. The Morgan fingerprint density at radius 1 is 1.29 bits per heavy atom. The van der Waals surface area contributed by atoms with E-state index in [0.29, 0.717) is 0 Å². The Kier molecular flexibility index (Phi) is 2.58. The molecule has 14 heavy (non-hydrogen) atoms. The highest BCUT2D eigenvalue weighted by atomic mass is 79.9. The SMILES string of the molecule is CCn1nnnc1-c1ccc(Br)cc1. The number of benzene rings is 1. The number of aromatic nitrogens is 4. The van der Waals surface area contributed by atoms with Crippen LogP contribution in [0.3, 0.4) is 0 Å². The standard InChI is InChI=1S/C9H9BrN4/c1-2-14-9(11-12-13-14)7-3-5-8(10)6-4-7/h3-6H,2H2,1H3. The monoisotopic (exact) mass is 252 g/mol. The molecule has 0 amide bonds. The van der Waals surface area contributed by atoms with Crippen molar-refractivity contribution in [1.29, 1.82) is 0 Å². The largest absolute Gasteiger partial charge is 0.226 e. The van der Waals surface area contributed by atoms with Crippen LogP contribution in [-0.2, 0) is 6.54 Å². The van der Waals surface area contributed by atoms with E-state index in [1.807, 2.05) is 31.2 Å². The minimum atomic E-state index is 0.776. The summed E-state index contributed by atoms with van der Waals surface area (Å²) in [6, 6.07) is 7.93. The van der Waals surface area contributed by atoms with Crippen LogP contribution in [0.5, 0.6) is 0 Å². The van der Waals surface area contributed by atoms with Crippen LogP contribution in [-0.4, -0.2) is 20.2 Å². The predicted octanol–water partition coefficient (Wildman–Crippen LogP) is 2.12. The Morgan fingerprint density at radius 2 is 2.00 bits per heavy atom. The fourth-order valence-corrected chi connectivity index (χ4v) is 1.49. The van der Waals surface area contributed by atoms with Crippen LogP contribution in [0.25, 0.3) is 11.4 Å². The summed E-state index contributed by atoms with van der Waals surface area (Å²) in [5.74, 6) is 0.806. The van der Waals surface area contributed by atoms with Gasteiger partial charge in [0.1, 0.15) is 0 Å². The molecule has 0 saturated carbocycles. The number of hydrogen-bond acceptors (Lipinski definition) is 3. The van der Waals surface area contributed by atoms with Crippen LogP contribution in [0.15, 0.2) is 28.7 Å². The number of tetrazole rings is 1. The molecule has 1 aromatic heterocycles. The van der Waals surface area contributed by atoms with Gasteiger partial charge in [0.25, 0.3) is 0 Å². The van der Waals surface area contributed by atoms with E-state index >= 15 is 0 Å². The summed E-state index contributed by atoms with van der Waals surface area (Å²) in [6.45, 7) is 2.79. The van der Waals surface area contributed by atoms with E-state index < -0.39 is 0 Å². The number of hydrogen-bond donors (Lipinski definition) is 0. The summed E-state index contributed by atoms with van der Waals surface area (Å²) in [4.78, 5) is 0. The van der Waals surface area contributed by atoms with Crippen LogP contribution in [0, 0.1) is 0 Å². The molecule has 2 aromatic rings. The number of aryl methyl sites for hydroxylation is 1. The van der Waals surface area contributed by atoms with E-state index in [4.69, 9.17) is 0 Å². The van der Waals surface area contributed by atoms with Crippen molar-refractivity contribution < 1.29 is 0 Å². The van der Waals surface area contributed by atoms with Crippen LogP contribution >= 0.6 is 15.9 Å². The first-order valence-electron chi connectivity index (χ1n) is 4.33. The van der Waals surface area contributed by atoms with Gasteiger partial charge in [0, 0.05) is 16.6 Å². The van der Waals surface area contributed by atoms with Crippen molar-refractivity contribution in [2.75, 3.05) is 0 Å². The first-order chi connectivity index (χ1) is 6.81. The molecule has 0 aliphatic carbocycles. The normalized spacial score (nSPS) is 10.4. The lowest BCUT2D eigenvalue weighted by Crippen LogP contribution is -1.99. The Morgan fingerprint density at radius 3 is 2.64 bits per heavy atom. The first-order valence-corrected chi connectivity index (χ1v) is 5.12. The van der Waals surface area contributed by atoms with Crippen LogP contribution in [0.1, 0.15) is 6.92 Å². The van der Waals surface area contributed by atoms with Gasteiger partial charge < -0.3 is 0 Å². The number of rotatable bonds is 2. The number of nitrogens with zero attached hydrogens (tertiary/aromatic N) is 4. The summed E-state index contributed by atoms with van der Waals surface area (Å²) in [5.41, 5.74) is 1.03. The minimum absolute atomic E-state index is 0.776. The van der Waals surface area contributed by atoms with E-state index in [9.17, 15) is 0 Å². The summed E-state index contributed by atoms with van der Waals surface area (Å²) in [7, 11) is 0. The maximum Gasteiger partial charge on any atom is 0.181 e. The highest BCUT2D eigenvalue weighted by Gasteiger charge is 2.06. The van der Waals surface area contributed by atoms with Crippen molar-refractivity contribution in [2.45, 2.75) is 13.5 Å². The zero-order valence-electron chi connectivity index (χ0n) is 7.68. The van der Waals surface area contributed by atoms with Crippen molar-refractivity contribution >= 4 is 15.9 Å². The van der Waals surface area contributed by atoms with Gasteiger partial charge in [-0.15, -0.1) is 5.10 Å². The van der Waals surface area contributed by atoms with Crippen molar-refractivity contribution in [1.82, 2.24) is 20.2 Å². The molecule has 0 saturated heterocycles. The maximum atomic E-state index is 3.97. The molecule has 0 radical (unpaired) electrons. The van der Waals surface area contributed by atoms with Gasteiger partial charge in [0.15, 0.2) is 5.82 Å². The second-order valence-corrected chi connectivity index (χ2v) is 3.74. The molecular formula is C9H9BrN4. The molecule has 4 nitrogen and oxygen atoms in total. The smallest absolute Gasteiger partial charge is 0.181 e. The average Bonchev–Trinajstić information content (AvgIpc) is 2.67. The van der Waals surface area contributed by atoms with Crippen LogP contribution < -0.4 is 0 Å². The molecule has 0 spiro atoms. The molecule has 0 unspecified atom stereocenters. The second kappa shape index (κ2) is 3.88. The molecule has 0 aliphatic rings. The van der Waals surface area contributed by atoms with Crippen molar-refractivity contribution in [3.8, 4) is 11.4 Å². The summed E-state index contributed by atoms with van der Waals surface area (Å²) in [6.07, 6.45) is 0. The Bertz CT molecular complexity index is 421. The lowest BCUT2D eigenvalue weighted by atomic mass is 10.2. The van der Waals surface area contributed by atoms with E-state index in [1.165, 1.54) is 0 Å². The molecule has 2 rings (SSSR count). The van der Waals surface area contributed by atoms with E-state index in [1.54, 1.807) is 4.68 Å². The fraction of sp³-hybridized carbons (Fsp3) is 0.222. The third-order valence-electron chi connectivity index (χ3n) is 1.93. The molecule has 0 N–H and O–H groups in total. The summed E-state index contributed by atoms with van der Waals surface area (Å²) >= 11 is 3.39. The molecule has 0 atom stereocenters. The van der Waals surface area contributed by atoms with Crippen molar-refractivity contribution in [3.05, 3.63) is 28.7 Å². The highest BCUT2D eigenvalue weighted by Crippen LogP contribution is 2.18. The topological polar surface area (TPSA) is 43.6 Å². The second-order valence-electron chi connectivity index (χ2n) is 2.83. The fourth-order valence-electron chi connectivity index (χ4n) is 1.22. The molecule has 1 heterocycles. The molecule has 0 aliphatic heterocycles.